The van der Waals surface area contributed by atoms with Crippen molar-refractivity contribution >= 4 is 5.91 Å². The Labute approximate surface area is 161 Å². The van der Waals surface area contributed by atoms with Gasteiger partial charge in [-0.3, -0.25) is 4.79 Å². The standard InChI is InChI=1S/C20H30N4O3/c1-23-7-6-18-16(12-23)11-21-20(22-18)15-4-8-24(9-5-15)19(25)14-26-13-17-3-2-10-27-17/h11,15,17H,2-10,12-14H2,1H3/t17-/m1/s1. The quantitative estimate of drug-likeness (QED) is 0.775. The van der Waals surface area contributed by atoms with E-state index in [2.05, 4.69) is 16.9 Å². The molecule has 3 aliphatic rings. The van der Waals surface area contributed by atoms with E-state index < -0.39 is 0 Å². The van der Waals surface area contributed by atoms with E-state index in [0.717, 1.165) is 70.7 Å². The molecule has 3 aliphatic heterocycles. The number of carbonyl (C=O) groups excluding carboxylic acids is 1. The topological polar surface area (TPSA) is 67.8 Å². The summed E-state index contributed by atoms with van der Waals surface area (Å²) in [7, 11) is 2.13. The first-order valence-corrected chi connectivity index (χ1v) is 10.2. The number of likely N-dealkylation sites (N-methyl/N-ethyl adjacent to an activating group) is 1. The molecular formula is C20H30N4O3. The summed E-state index contributed by atoms with van der Waals surface area (Å²) in [6, 6.07) is 0. The van der Waals surface area contributed by atoms with Crippen LogP contribution in [0, 0.1) is 0 Å². The molecule has 2 fully saturated rings. The van der Waals surface area contributed by atoms with Gasteiger partial charge in [0.25, 0.3) is 0 Å². The van der Waals surface area contributed by atoms with Gasteiger partial charge in [-0.1, -0.05) is 0 Å². The van der Waals surface area contributed by atoms with Gasteiger partial charge < -0.3 is 19.3 Å². The van der Waals surface area contributed by atoms with Crippen molar-refractivity contribution in [2.24, 2.45) is 0 Å². The molecule has 2 saturated heterocycles. The zero-order valence-electron chi connectivity index (χ0n) is 16.2. The summed E-state index contributed by atoms with van der Waals surface area (Å²) in [5.41, 5.74) is 2.46. The maximum atomic E-state index is 12.4. The number of piperidine rings is 1. The predicted octanol–water partition coefficient (Wildman–Crippen LogP) is 1.37. The van der Waals surface area contributed by atoms with Crippen LogP contribution < -0.4 is 0 Å². The summed E-state index contributed by atoms with van der Waals surface area (Å²) in [5.74, 6) is 1.40. The molecule has 0 bridgehead atoms. The Morgan fingerprint density at radius 1 is 1.30 bits per heavy atom. The van der Waals surface area contributed by atoms with E-state index in [-0.39, 0.29) is 18.6 Å². The van der Waals surface area contributed by atoms with Gasteiger partial charge >= 0.3 is 0 Å². The number of amides is 1. The average Bonchev–Trinajstić information content (AvgIpc) is 3.21. The maximum Gasteiger partial charge on any atom is 0.248 e. The summed E-state index contributed by atoms with van der Waals surface area (Å²) in [6.45, 7) is 5.02. The molecule has 0 radical (unpaired) electrons. The maximum absolute atomic E-state index is 12.4. The molecular weight excluding hydrogens is 344 g/mol. The van der Waals surface area contributed by atoms with Crippen molar-refractivity contribution in [2.75, 3.05) is 46.5 Å². The van der Waals surface area contributed by atoms with Crippen LogP contribution in [0.4, 0.5) is 0 Å². The SMILES string of the molecule is CN1CCc2nc(C3CCN(C(=O)COC[C@H]4CCCO4)CC3)ncc2C1. The van der Waals surface area contributed by atoms with E-state index in [0.29, 0.717) is 12.5 Å². The van der Waals surface area contributed by atoms with Crippen LogP contribution in [0.25, 0.3) is 0 Å². The molecule has 0 aromatic carbocycles. The minimum Gasteiger partial charge on any atom is -0.376 e. The number of hydrogen-bond donors (Lipinski definition) is 0. The Morgan fingerprint density at radius 3 is 2.93 bits per heavy atom. The third-order valence-electron chi connectivity index (χ3n) is 5.91. The summed E-state index contributed by atoms with van der Waals surface area (Å²) >= 11 is 0. The average molecular weight is 374 g/mol. The zero-order valence-corrected chi connectivity index (χ0v) is 16.2. The van der Waals surface area contributed by atoms with E-state index in [1.807, 2.05) is 11.1 Å². The van der Waals surface area contributed by atoms with Crippen LogP contribution in [-0.2, 0) is 27.2 Å². The Balaban J connectivity index is 1.24. The minimum atomic E-state index is 0.0841. The van der Waals surface area contributed by atoms with Gasteiger partial charge in [-0.05, 0) is 32.7 Å². The van der Waals surface area contributed by atoms with Gasteiger partial charge in [0.15, 0.2) is 0 Å². The number of carbonyl (C=O) groups is 1. The van der Waals surface area contributed by atoms with Gasteiger partial charge in [0.2, 0.25) is 5.91 Å². The lowest BCUT2D eigenvalue weighted by atomic mass is 9.95. The highest BCUT2D eigenvalue weighted by molar-refractivity contribution is 5.77. The Morgan fingerprint density at radius 2 is 2.15 bits per heavy atom. The van der Waals surface area contributed by atoms with Crippen LogP contribution in [-0.4, -0.2) is 78.3 Å². The van der Waals surface area contributed by atoms with E-state index in [1.165, 1.54) is 11.3 Å². The highest BCUT2D eigenvalue weighted by Gasteiger charge is 2.27. The molecule has 0 saturated carbocycles. The Kier molecular flexibility index (Phi) is 6.00. The van der Waals surface area contributed by atoms with Gasteiger partial charge in [0.1, 0.15) is 12.4 Å². The lowest BCUT2D eigenvalue weighted by Crippen LogP contribution is -2.40. The van der Waals surface area contributed by atoms with Crippen LogP contribution >= 0.6 is 0 Å². The summed E-state index contributed by atoms with van der Waals surface area (Å²) in [4.78, 5) is 26.1. The molecule has 7 nitrogen and oxygen atoms in total. The summed E-state index contributed by atoms with van der Waals surface area (Å²) < 4.78 is 11.1. The first kappa shape index (κ1) is 18.8. The molecule has 0 N–H and O–H groups in total. The summed E-state index contributed by atoms with van der Waals surface area (Å²) in [5, 5.41) is 0. The van der Waals surface area contributed by atoms with Crippen molar-refractivity contribution < 1.29 is 14.3 Å². The van der Waals surface area contributed by atoms with Gasteiger partial charge in [0, 0.05) is 62.6 Å². The lowest BCUT2D eigenvalue weighted by molar-refractivity contribution is -0.138. The highest BCUT2D eigenvalue weighted by atomic mass is 16.5. The molecule has 1 aromatic rings. The molecule has 0 unspecified atom stereocenters. The van der Waals surface area contributed by atoms with E-state index in [4.69, 9.17) is 14.5 Å². The number of aromatic nitrogens is 2. The van der Waals surface area contributed by atoms with Crippen molar-refractivity contribution in [3.8, 4) is 0 Å². The number of nitrogens with zero attached hydrogens (tertiary/aromatic N) is 4. The Hall–Kier alpha value is -1.57. The molecule has 0 aliphatic carbocycles. The monoisotopic (exact) mass is 374 g/mol. The summed E-state index contributed by atoms with van der Waals surface area (Å²) in [6.07, 6.45) is 7.16. The number of rotatable bonds is 5. The van der Waals surface area contributed by atoms with E-state index in [1.54, 1.807) is 0 Å². The minimum absolute atomic E-state index is 0.0841. The zero-order chi connectivity index (χ0) is 18.6. The lowest BCUT2D eigenvalue weighted by Gasteiger charge is -2.32. The molecule has 7 heteroatoms. The van der Waals surface area contributed by atoms with Crippen LogP contribution in [0.3, 0.4) is 0 Å². The molecule has 4 heterocycles. The van der Waals surface area contributed by atoms with E-state index >= 15 is 0 Å². The van der Waals surface area contributed by atoms with Crippen LogP contribution in [0.15, 0.2) is 6.20 Å². The third kappa shape index (κ3) is 4.65. The third-order valence-corrected chi connectivity index (χ3v) is 5.91. The largest absolute Gasteiger partial charge is 0.376 e. The number of likely N-dealkylation sites (tertiary alicyclic amines) is 1. The normalized spacial score (nSPS) is 24.2. The van der Waals surface area contributed by atoms with Gasteiger partial charge in [-0.15, -0.1) is 0 Å². The molecule has 1 atom stereocenters. The fraction of sp³-hybridized carbons (Fsp3) is 0.750. The fourth-order valence-electron chi connectivity index (χ4n) is 4.20. The Bertz CT molecular complexity index is 655. The van der Waals surface area contributed by atoms with Crippen molar-refractivity contribution in [3.63, 3.8) is 0 Å². The molecule has 148 valence electrons. The van der Waals surface area contributed by atoms with Crippen molar-refractivity contribution in [3.05, 3.63) is 23.3 Å². The van der Waals surface area contributed by atoms with Crippen molar-refractivity contribution in [2.45, 2.75) is 50.7 Å². The second kappa shape index (κ2) is 8.63. The number of ether oxygens (including phenoxy) is 2. The molecule has 1 amide bonds. The van der Waals surface area contributed by atoms with Gasteiger partial charge in [-0.2, -0.15) is 0 Å². The van der Waals surface area contributed by atoms with Crippen molar-refractivity contribution in [1.82, 2.24) is 19.8 Å². The van der Waals surface area contributed by atoms with Crippen LogP contribution in [0.1, 0.15) is 48.7 Å². The smallest absolute Gasteiger partial charge is 0.248 e. The molecule has 0 spiro atoms. The van der Waals surface area contributed by atoms with Crippen molar-refractivity contribution in [1.29, 1.82) is 0 Å². The van der Waals surface area contributed by atoms with Crippen LogP contribution in [0.5, 0.6) is 0 Å². The molecule has 27 heavy (non-hydrogen) atoms. The first-order valence-electron chi connectivity index (χ1n) is 10.2. The number of fused-ring (bicyclic) bond motifs is 1. The predicted molar refractivity (Wildman–Crippen MR) is 100 cm³/mol. The second-order valence-electron chi connectivity index (χ2n) is 7.99. The highest BCUT2D eigenvalue weighted by Crippen LogP contribution is 2.27. The van der Waals surface area contributed by atoms with E-state index in [9.17, 15) is 4.79 Å². The molecule has 1 aromatic heterocycles. The molecule has 4 rings (SSSR count). The van der Waals surface area contributed by atoms with Crippen LogP contribution in [0.2, 0.25) is 0 Å². The number of hydrogen-bond acceptors (Lipinski definition) is 6. The second-order valence-corrected chi connectivity index (χ2v) is 7.99. The first-order chi connectivity index (χ1) is 13.2. The van der Waals surface area contributed by atoms with Gasteiger partial charge in [-0.25, -0.2) is 9.97 Å². The van der Waals surface area contributed by atoms with Gasteiger partial charge in [0.05, 0.1) is 12.7 Å². The fourth-order valence-corrected chi connectivity index (χ4v) is 4.20.